The van der Waals surface area contributed by atoms with E-state index in [0.717, 1.165) is 8.77 Å². The van der Waals surface area contributed by atoms with Gasteiger partial charge in [0.15, 0.2) is 24.0 Å². The summed E-state index contributed by atoms with van der Waals surface area (Å²) < 4.78 is 25.6. The minimum atomic E-state index is -1.01. The summed E-state index contributed by atoms with van der Waals surface area (Å²) in [6.07, 6.45) is 0.452. The van der Waals surface area contributed by atoms with Crippen molar-refractivity contribution in [2.24, 2.45) is 7.05 Å². The van der Waals surface area contributed by atoms with Gasteiger partial charge in [0.1, 0.15) is 16.8 Å². The number of imide groups is 1. The van der Waals surface area contributed by atoms with Crippen molar-refractivity contribution in [1.82, 2.24) is 18.7 Å². The van der Waals surface area contributed by atoms with Crippen LogP contribution in [0.2, 0.25) is 0 Å². The summed E-state index contributed by atoms with van der Waals surface area (Å²) in [6, 6.07) is 1.29. The number of nitrogens with zero attached hydrogens (tertiary/aromatic N) is 5. The predicted octanol–water partition coefficient (Wildman–Crippen LogP) is 3.70. The lowest BCUT2D eigenvalue weighted by atomic mass is 10.2. The van der Waals surface area contributed by atoms with E-state index in [1.807, 2.05) is 0 Å². The number of carbonyl (C=O) groups is 2. The fourth-order valence-corrected chi connectivity index (χ4v) is 2.53. The van der Waals surface area contributed by atoms with E-state index in [0.29, 0.717) is 4.90 Å². The van der Waals surface area contributed by atoms with Crippen molar-refractivity contribution in [2.75, 3.05) is 4.90 Å². The quantitative estimate of drug-likeness (QED) is 0.709. The molecule has 0 aliphatic carbocycles. The summed E-state index contributed by atoms with van der Waals surface area (Å²) in [4.78, 5) is 46.6. The van der Waals surface area contributed by atoms with E-state index in [4.69, 9.17) is 9.47 Å². The van der Waals surface area contributed by atoms with Crippen LogP contribution in [0.4, 0.5) is 19.3 Å². The van der Waals surface area contributed by atoms with Crippen LogP contribution in [0.5, 0.6) is 0 Å². The van der Waals surface area contributed by atoms with Gasteiger partial charge in [-0.2, -0.15) is 4.90 Å². The molecule has 2 amide bonds. The molecular formula is C18H24FN5O5S. The summed E-state index contributed by atoms with van der Waals surface area (Å²) in [5, 5.41) is 0. The first kappa shape index (κ1) is 23.4. The van der Waals surface area contributed by atoms with Crippen LogP contribution in [0.25, 0.3) is 11.4 Å². The third-order valence-corrected chi connectivity index (χ3v) is 3.89. The molecule has 0 saturated heterocycles. The molecule has 0 radical (unpaired) electrons. The zero-order chi connectivity index (χ0) is 22.9. The van der Waals surface area contributed by atoms with Crippen molar-refractivity contribution in [2.45, 2.75) is 52.7 Å². The highest BCUT2D eigenvalue weighted by Crippen LogP contribution is 2.22. The average Bonchev–Trinajstić information content (AvgIpc) is 2.87. The minimum absolute atomic E-state index is 0.0159. The number of carbonyl (C=O) groups excluding carboxylic acids is 2. The largest absolute Gasteiger partial charge is 0.443 e. The number of halogens is 1. The first-order valence-corrected chi connectivity index (χ1v) is 9.58. The van der Waals surface area contributed by atoms with Crippen LogP contribution in [-0.2, 0) is 16.5 Å². The van der Waals surface area contributed by atoms with Gasteiger partial charge in [0.25, 0.3) is 5.56 Å². The van der Waals surface area contributed by atoms with Gasteiger partial charge < -0.3 is 9.47 Å². The monoisotopic (exact) mass is 441 g/mol. The highest BCUT2D eigenvalue weighted by molar-refractivity contribution is 7.92. The molecular weight excluding hydrogens is 417 g/mol. The molecule has 0 fully saturated rings. The lowest BCUT2D eigenvalue weighted by molar-refractivity contribution is 0.0429. The maximum absolute atomic E-state index is 13.0. The predicted molar refractivity (Wildman–Crippen MR) is 110 cm³/mol. The van der Waals surface area contributed by atoms with Gasteiger partial charge in [0.2, 0.25) is 0 Å². The van der Waals surface area contributed by atoms with E-state index in [2.05, 4.69) is 9.97 Å². The molecule has 0 aliphatic rings. The molecule has 2 rings (SSSR count). The third-order valence-electron chi connectivity index (χ3n) is 3.39. The second-order valence-electron chi connectivity index (χ2n) is 8.28. The van der Waals surface area contributed by atoms with E-state index in [9.17, 15) is 18.3 Å². The molecule has 0 aromatic carbocycles. The van der Waals surface area contributed by atoms with Crippen molar-refractivity contribution in [3.05, 3.63) is 28.8 Å². The van der Waals surface area contributed by atoms with Crippen molar-refractivity contribution >= 4 is 30.3 Å². The molecule has 0 saturated carbocycles. The Morgan fingerprint density at radius 2 is 1.63 bits per heavy atom. The molecule has 2 aromatic heterocycles. The Labute approximate surface area is 177 Å². The smallest absolute Gasteiger partial charge is 0.425 e. The lowest BCUT2D eigenvalue weighted by Crippen LogP contribution is -2.44. The molecule has 0 aliphatic heterocycles. The fourth-order valence-electron chi connectivity index (χ4n) is 2.22. The number of hydrogen-bond acceptors (Lipinski definition) is 8. The Hall–Kier alpha value is -2.89. The normalized spacial score (nSPS) is 11.9. The lowest BCUT2D eigenvalue weighted by Gasteiger charge is -2.28. The highest BCUT2D eigenvalue weighted by atomic mass is 32.2. The van der Waals surface area contributed by atoms with Crippen molar-refractivity contribution in [3.8, 4) is 11.4 Å². The summed E-state index contributed by atoms with van der Waals surface area (Å²) >= 11 is -0.176. The maximum Gasteiger partial charge on any atom is 0.425 e. The fraction of sp³-hybridized carbons (Fsp3) is 0.500. The summed E-state index contributed by atoms with van der Waals surface area (Å²) in [6.45, 7) is 9.86. The third kappa shape index (κ3) is 5.59. The van der Waals surface area contributed by atoms with Gasteiger partial charge >= 0.3 is 12.2 Å². The van der Waals surface area contributed by atoms with Gasteiger partial charge in [-0.25, -0.2) is 28.3 Å². The minimum Gasteiger partial charge on any atom is -0.443 e. The topological polar surface area (TPSA) is 109 Å². The highest BCUT2D eigenvalue weighted by Gasteiger charge is 2.34. The summed E-state index contributed by atoms with van der Waals surface area (Å²) in [5.41, 5.74) is -2.35. The molecule has 30 heavy (non-hydrogen) atoms. The van der Waals surface area contributed by atoms with Gasteiger partial charge in [0, 0.05) is 19.3 Å². The van der Waals surface area contributed by atoms with Gasteiger partial charge in [-0.1, -0.05) is 0 Å². The Balaban J connectivity index is 2.54. The Morgan fingerprint density at radius 3 is 2.07 bits per heavy atom. The molecule has 0 N–H and O–H groups in total. The molecule has 0 bridgehead atoms. The second kappa shape index (κ2) is 8.46. The van der Waals surface area contributed by atoms with Crippen molar-refractivity contribution in [3.63, 3.8) is 0 Å². The SMILES string of the molecule is Cn1c(=O)c(-c2nccc(N(C(=O)OC(C)(C)C)C(=O)OC(C)(C)C)n2)cn1SF. The first-order valence-electron chi connectivity index (χ1n) is 8.91. The summed E-state index contributed by atoms with van der Waals surface area (Å²) in [7, 11) is 1.37. The standard InChI is InChI=1S/C18H24FN5O5S/c1-17(2,3)28-15(26)24(16(27)29-18(4,5)6)12-8-9-20-13(21-12)11-10-23(30-19)22(7)14(11)25/h8-10H,1-7H3. The zero-order valence-electron chi connectivity index (χ0n) is 17.8. The molecule has 2 heterocycles. The van der Waals surface area contributed by atoms with Crippen molar-refractivity contribution < 1.29 is 22.9 Å². The average molecular weight is 441 g/mol. The molecule has 10 nitrogen and oxygen atoms in total. The van der Waals surface area contributed by atoms with Crippen LogP contribution in [0, 0.1) is 0 Å². The van der Waals surface area contributed by atoms with E-state index < -0.39 is 28.9 Å². The molecule has 2 aromatic rings. The number of aromatic nitrogens is 4. The van der Waals surface area contributed by atoms with Gasteiger partial charge in [0.05, 0.1) is 6.20 Å². The Morgan fingerprint density at radius 1 is 1.10 bits per heavy atom. The Bertz CT molecular complexity index is 978. The number of hydrogen-bond donors (Lipinski definition) is 0. The van der Waals surface area contributed by atoms with Crippen LogP contribution in [0.1, 0.15) is 41.5 Å². The number of ether oxygens (including phenoxy) is 2. The van der Waals surface area contributed by atoms with E-state index in [1.54, 1.807) is 41.5 Å². The van der Waals surface area contributed by atoms with Crippen LogP contribution >= 0.6 is 12.3 Å². The molecule has 0 atom stereocenters. The maximum atomic E-state index is 13.0. The van der Waals surface area contributed by atoms with Crippen molar-refractivity contribution in [1.29, 1.82) is 0 Å². The van der Waals surface area contributed by atoms with E-state index in [1.165, 1.54) is 25.5 Å². The van der Waals surface area contributed by atoms with Crippen LogP contribution in [0.3, 0.4) is 0 Å². The number of rotatable bonds is 3. The van der Waals surface area contributed by atoms with Crippen LogP contribution < -0.4 is 10.5 Å². The number of anilines is 1. The zero-order valence-corrected chi connectivity index (χ0v) is 18.6. The second-order valence-corrected chi connectivity index (χ2v) is 8.79. The van der Waals surface area contributed by atoms with Gasteiger partial charge in [-0.3, -0.25) is 4.79 Å². The summed E-state index contributed by atoms with van der Waals surface area (Å²) in [5.74, 6) is -0.260. The van der Waals surface area contributed by atoms with Gasteiger partial charge in [-0.15, -0.1) is 3.89 Å². The van der Waals surface area contributed by atoms with Crippen LogP contribution in [-0.4, -0.2) is 42.1 Å². The number of amides is 2. The Kier molecular flexibility index (Phi) is 6.60. The molecule has 0 unspecified atom stereocenters. The van der Waals surface area contributed by atoms with Crippen LogP contribution in [0.15, 0.2) is 23.3 Å². The molecule has 164 valence electrons. The van der Waals surface area contributed by atoms with E-state index in [-0.39, 0.29) is 29.5 Å². The van der Waals surface area contributed by atoms with E-state index >= 15 is 0 Å². The molecule has 0 spiro atoms. The molecule has 12 heteroatoms. The van der Waals surface area contributed by atoms with Gasteiger partial charge in [-0.05, 0) is 41.5 Å². The first-order chi connectivity index (χ1) is 13.7.